The molecule has 17 heteroatoms. The highest BCUT2D eigenvalue weighted by molar-refractivity contribution is 6.27. The van der Waals surface area contributed by atoms with E-state index in [-0.39, 0.29) is 74.7 Å². The Kier molecular flexibility index (Phi) is 11.2. The van der Waals surface area contributed by atoms with Gasteiger partial charge in [0.05, 0.1) is 40.4 Å². The topological polar surface area (TPSA) is 292 Å². The maximum atomic E-state index is 14.6. The number of carboxylic acid groups (broad SMARTS) is 2. The van der Waals surface area contributed by atoms with E-state index < -0.39 is 70.1 Å². The Bertz CT molecular complexity index is 2790. The molecule has 2 heterocycles. The Hall–Kier alpha value is -8.02. The van der Waals surface area contributed by atoms with E-state index in [4.69, 9.17) is 0 Å². The first-order chi connectivity index (χ1) is 29.8. The van der Waals surface area contributed by atoms with E-state index in [2.05, 4.69) is 21.3 Å². The fraction of sp³-hybridized carbons (Fsp3) is 0.174. The number of allylic oxidation sites excluding steroid dienone is 4. The van der Waals surface area contributed by atoms with Gasteiger partial charge in [-0.1, -0.05) is 47.6 Å². The number of nitrogens with one attached hydrogen (secondary N) is 4. The number of carbonyl (C=O) groups excluding carboxylic acids is 4. The van der Waals surface area contributed by atoms with Crippen LogP contribution in [0, 0.1) is 0 Å². The number of phenols is 3. The van der Waals surface area contributed by atoms with Crippen molar-refractivity contribution >= 4 is 58.1 Å². The lowest BCUT2D eigenvalue weighted by molar-refractivity contribution is -0.130. The standard InChI is InChI=1S/C46H40N4O13/c1-22-8-12-36(55)31-19-28(53)21-34-40(31)46(44(63)48-34,50-32-6-4-3-5-29(32)42(60)61)38(57)14-10-23(2)7-11-35(54)30-18-27(52)20-33-39(30)45(43(62)47-33,37(56)13-9-22)49-25-15-24(41(58)59)16-26(51)17-25/h3-10,13-21,35-36,49-55H,11-12H2,1-2H3,(H,47,62)(H,48,63)(H,58,59)(H,60,61)/b13-9+,14-10+,22-8+,23-7-/t35-,36-,45+,46-/m0/s1. The highest BCUT2D eigenvalue weighted by Crippen LogP contribution is 2.48. The number of hydrogen-bond donors (Lipinski definition) is 11. The highest BCUT2D eigenvalue weighted by Gasteiger charge is 2.56. The van der Waals surface area contributed by atoms with Crippen molar-refractivity contribution in [1.29, 1.82) is 0 Å². The molecule has 2 amide bonds. The van der Waals surface area contributed by atoms with Crippen LogP contribution in [0.2, 0.25) is 0 Å². The van der Waals surface area contributed by atoms with Gasteiger partial charge >= 0.3 is 11.9 Å². The van der Waals surface area contributed by atoms with Gasteiger partial charge < -0.3 is 57.0 Å². The number of aromatic carboxylic acids is 2. The predicted octanol–water partition coefficient (Wildman–Crippen LogP) is 5.42. The number of carbonyl (C=O) groups is 6. The van der Waals surface area contributed by atoms with Crippen molar-refractivity contribution in [2.45, 2.75) is 50.0 Å². The van der Waals surface area contributed by atoms with Crippen LogP contribution in [-0.2, 0) is 30.3 Å². The summed E-state index contributed by atoms with van der Waals surface area (Å²) >= 11 is 0. The van der Waals surface area contributed by atoms with Gasteiger partial charge in [-0.3, -0.25) is 19.2 Å². The first-order valence-electron chi connectivity index (χ1n) is 19.3. The molecule has 0 saturated carbocycles. The average molecular weight is 857 g/mol. The Morgan fingerprint density at radius 2 is 1.10 bits per heavy atom. The highest BCUT2D eigenvalue weighted by atomic mass is 16.4. The maximum Gasteiger partial charge on any atom is 0.337 e. The number of rotatable bonds is 6. The second kappa shape index (κ2) is 16.4. The van der Waals surface area contributed by atoms with Crippen LogP contribution in [0.3, 0.4) is 0 Å². The second-order valence-electron chi connectivity index (χ2n) is 15.3. The SMILES string of the molecule is CC1=C/C[C@H](O)c2cc(O)cc3c2[C@](Nc2cc(O)cc(C(=O)O)c2)(C(=O)/C=C/C(C)=C/C[C@H](O)c2cc(O)cc4c2[C@@](Nc2ccccc2C(=O)O)(C(=O)\C=C\1)C(=O)N4)C(=O)N3. The minimum Gasteiger partial charge on any atom is -0.508 e. The molecular weight excluding hydrogens is 817 g/mol. The van der Waals surface area contributed by atoms with Gasteiger partial charge in [-0.05, 0) is 86.4 Å². The summed E-state index contributed by atoms with van der Waals surface area (Å²) in [7, 11) is 0. The molecule has 322 valence electrons. The van der Waals surface area contributed by atoms with Crippen LogP contribution < -0.4 is 21.3 Å². The predicted molar refractivity (Wildman–Crippen MR) is 228 cm³/mol. The summed E-state index contributed by atoms with van der Waals surface area (Å²) in [5, 5.41) is 86.0. The van der Waals surface area contributed by atoms with E-state index in [1.165, 1.54) is 60.7 Å². The van der Waals surface area contributed by atoms with Crippen molar-refractivity contribution in [2.75, 3.05) is 21.3 Å². The number of ketones is 2. The Labute approximate surface area is 358 Å². The average Bonchev–Trinajstić information content (AvgIpc) is 3.67. The van der Waals surface area contributed by atoms with Gasteiger partial charge in [0, 0.05) is 35.0 Å². The number of aromatic hydroxyl groups is 3. The van der Waals surface area contributed by atoms with E-state index in [9.17, 15) is 64.5 Å². The van der Waals surface area contributed by atoms with Crippen LogP contribution in [0.1, 0.15) is 81.9 Å². The molecule has 4 aromatic rings. The largest absolute Gasteiger partial charge is 0.508 e. The third-order valence-corrected chi connectivity index (χ3v) is 11.0. The number of carboxylic acids is 2. The molecule has 11 N–H and O–H groups in total. The minimum absolute atomic E-state index is 0.0454. The van der Waals surface area contributed by atoms with Gasteiger partial charge in [0.25, 0.3) is 11.8 Å². The number of benzene rings is 4. The van der Waals surface area contributed by atoms with E-state index in [0.717, 1.165) is 42.5 Å². The van der Waals surface area contributed by atoms with E-state index in [1.807, 2.05) is 0 Å². The number of para-hydroxylation sites is 1. The van der Waals surface area contributed by atoms with Crippen molar-refractivity contribution in [3.8, 4) is 17.2 Å². The lowest BCUT2D eigenvalue weighted by Crippen LogP contribution is -2.49. The number of hydrogen-bond acceptors (Lipinski definition) is 13. The second-order valence-corrected chi connectivity index (χ2v) is 15.3. The molecule has 0 saturated heterocycles. The van der Waals surface area contributed by atoms with Gasteiger partial charge in [-0.15, -0.1) is 0 Å². The summed E-state index contributed by atoms with van der Waals surface area (Å²) < 4.78 is 0. The molecule has 4 atom stereocenters. The molecule has 3 aliphatic rings. The molecule has 0 radical (unpaired) electrons. The third kappa shape index (κ3) is 7.77. The quantitative estimate of drug-likeness (QED) is 0.108. The van der Waals surface area contributed by atoms with Crippen molar-refractivity contribution in [1.82, 2.24) is 0 Å². The Morgan fingerprint density at radius 1 is 0.619 bits per heavy atom. The van der Waals surface area contributed by atoms with E-state index >= 15 is 0 Å². The molecular formula is C46H40N4O13. The molecule has 0 fully saturated rings. The summed E-state index contributed by atoms with van der Waals surface area (Å²) in [6, 6.07) is 13.4. The van der Waals surface area contributed by atoms with Gasteiger partial charge in [0.1, 0.15) is 17.2 Å². The first-order valence-corrected chi connectivity index (χ1v) is 19.3. The zero-order chi connectivity index (χ0) is 45.5. The van der Waals surface area contributed by atoms with Crippen molar-refractivity contribution < 1.29 is 64.5 Å². The van der Waals surface area contributed by atoms with Crippen LogP contribution in [0.25, 0.3) is 0 Å². The smallest absolute Gasteiger partial charge is 0.337 e. The van der Waals surface area contributed by atoms with Crippen LogP contribution in [0.15, 0.2) is 114 Å². The Balaban J connectivity index is 1.41. The Morgan fingerprint density at radius 3 is 1.59 bits per heavy atom. The van der Waals surface area contributed by atoms with Gasteiger partial charge in [0.15, 0.2) is 11.6 Å². The number of amides is 2. The molecule has 4 aromatic carbocycles. The maximum absolute atomic E-state index is 14.6. The normalized spacial score (nSPS) is 24.9. The lowest BCUT2D eigenvalue weighted by atomic mass is 9.80. The fourth-order valence-electron chi connectivity index (χ4n) is 8.00. The van der Waals surface area contributed by atoms with Crippen molar-refractivity contribution in [2.24, 2.45) is 0 Å². The summed E-state index contributed by atoms with van der Waals surface area (Å²) in [4.78, 5) is 81.8. The molecule has 1 aliphatic carbocycles. The molecule has 0 aromatic heterocycles. The van der Waals surface area contributed by atoms with E-state index in [1.54, 1.807) is 13.8 Å². The molecule has 63 heavy (non-hydrogen) atoms. The first kappa shape index (κ1) is 43.1. The summed E-state index contributed by atoms with van der Waals surface area (Å²) in [6.07, 6.45) is 4.14. The number of aliphatic hydroxyl groups excluding tert-OH is 2. The fourth-order valence-corrected chi connectivity index (χ4v) is 8.00. The van der Waals surface area contributed by atoms with Gasteiger partial charge in [0.2, 0.25) is 11.1 Å². The number of phenolic OH excluding ortho intramolecular Hbond substituents is 3. The van der Waals surface area contributed by atoms with Crippen molar-refractivity contribution in [3.05, 3.63) is 148 Å². The molecule has 0 spiro atoms. The van der Waals surface area contributed by atoms with Crippen LogP contribution in [0.4, 0.5) is 22.7 Å². The molecule has 7 rings (SSSR count). The summed E-state index contributed by atoms with van der Waals surface area (Å²) in [6.45, 7) is 3.12. The van der Waals surface area contributed by atoms with E-state index in [0.29, 0.717) is 11.1 Å². The molecule has 17 nitrogen and oxygen atoms in total. The summed E-state index contributed by atoms with van der Waals surface area (Å²) in [5.74, 6) is -7.81. The summed E-state index contributed by atoms with van der Waals surface area (Å²) in [5.41, 5.74) is -5.57. The molecule has 2 aliphatic heterocycles. The van der Waals surface area contributed by atoms with Crippen molar-refractivity contribution in [3.63, 3.8) is 0 Å². The van der Waals surface area contributed by atoms with Crippen LogP contribution in [0.5, 0.6) is 17.2 Å². The molecule has 0 bridgehead atoms. The van der Waals surface area contributed by atoms with Crippen LogP contribution in [-0.4, -0.2) is 71.1 Å². The zero-order valence-electron chi connectivity index (χ0n) is 33.5. The molecule has 0 unspecified atom stereocenters. The van der Waals surface area contributed by atoms with Gasteiger partial charge in [-0.25, -0.2) is 9.59 Å². The third-order valence-electron chi connectivity index (χ3n) is 11.0. The zero-order valence-corrected chi connectivity index (χ0v) is 33.5. The number of anilines is 4. The lowest BCUT2D eigenvalue weighted by Gasteiger charge is -2.30. The monoisotopic (exact) mass is 856 g/mol. The minimum atomic E-state index is -2.43. The van der Waals surface area contributed by atoms with Gasteiger partial charge in [-0.2, -0.15) is 0 Å². The van der Waals surface area contributed by atoms with Crippen LogP contribution >= 0.6 is 0 Å². The number of aliphatic hydroxyl groups is 2.